The van der Waals surface area contributed by atoms with E-state index in [9.17, 15) is 9.59 Å². The third kappa shape index (κ3) is 4.76. The maximum atomic E-state index is 12.7. The first kappa shape index (κ1) is 23.4. The minimum atomic E-state index is -0.465. The second-order valence-corrected chi connectivity index (χ2v) is 8.29. The highest BCUT2D eigenvalue weighted by Gasteiger charge is 2.28. The Bertz CT molecular complexity index is 1160. The Morgan fingerprint density at radius 1 is 1.12 bits per heavy atom. The van der Waals surface area contributed by atoms with Crippen LogP contribution in [-0.2, 0) is 11.3 Å². The summed E-state index contributed by atoms with van der Waals surface area (Å²) in [6.07, 6.45) is 4.25. The number of hydrogen-bond donors (Lipinski definition) is 2. The minimum Gasteiger partial charge on any atom is -0.496 e. The van der Waals surface area contributed by atoms with Crippen LogP contribution in [0.3, 0.4) is 0 Å². The van der Waals surface area contributed by atoms with Crippen molar-refractivity contribution in [2.24, 2.45) is 0 Å². The number of nitrogen functional groups attached to an aromatic ring is 1. The number of esters is 1. The molecule has 0 aliphatic heterocycles. The molecule has 1 fully saturated rings. The lowest BCUT2D eigenvalue weighted by atomic mass is 10.1. The van der Waals surface area contributed by atoms with Gasteiger partial charge in [-0.15, -0.1) is 0 Å². The Kier molecular flexibility index (Phi) is 7.15. The maximum Gasteiger partial charge on any atom is 0.344 e. The number of carbonyl (C=O) groups is 2. The number of amides is 1. The fraction of sp³-hybridized carbons (Fsp3) is 0.346. The Morgan fingerprint density at radius 2 is 1.82 bits per heavy atom. The number of aromatic nitrogens is 2. The molecule has 1 aliphatic carbocycles. The predicted molar refractivity (Wildman–Crippen MR) is 130 cm³/mol. The number of hydrogen-bond acceptors (Lipinski definition) is 6. The molecule has 1 aliphatic rings. The minimum absolute atomic E-state index is 0.200. The van der Waals surface area contributed by atoms with Gasteiger partial charge in [0.25, 0.3) is 5.91 Å². The fourth-order valence-electron chi connectivity index (χ4n) is 4.37. The largest absolute Gasteiger partial charge is 0.496 e. The van der Waals surface area contributed by atoms with Gasteiger partial charge < -0.3 is 20.5 Å². The van der Waals surface area contributed by atoms with Crippen LogP contribution in [0.2, 0.25) is 0 Å². The molecule has 3 aromatic rings. The number of benzene rings is 2. The summed E-state index contributed by atoms with van der Waals surface area (Å²) < 4.78 is 12.3. The third-order valence-electron chi connectivity index (χ3n) is 6.13. The van der Waals surface area contributed by atoms with E-state index >= 15 is 0 Å². The second kappa shape index (κ2) is 10.4. The van der Waals surface area contributed by atoms with Crippen LogP contribution in [0, 0.1) is 0 Å². The van der Waals surface area contributed by atoms with Crippen LogP contribution < -0.4 is 15.8 Å². The number of ether oxygens (including phenoxy) is 2. The van der Waals surface area contributed by atoms with Crippen LogP contribution in [0.1, 0.15) is 64.9 Å². The highest BCUT2D eigenvalue weighted by Crippen LogP contribution is 2.36. The van der Waals surface area contributed by atoms with Gasteiger partial charge in [-0.3, -0.25) is 4.79 Å². The summed E-state index contributed by atoms with van der Waals surface area (Å²) in [6, 6.07) is 14.9. The average Bonchev–Trinajstić information content (AvgIpc) is 3.51. The molecule has 0 spiro atoms. The lowest BCUT2D eigenvalue weighted by Crippen LogP contribution is -2.23. The number of nitrogens with zero attached hydrogens (tertiary/aromatic N) is 2. The van der Waals surface area contributed by atoms with Gasteiger partial charge in [-0.05, 0) is 37.5 Å². The Hall–Kier alpha value is -3.81. The van der Waals surface area contributed by atoms with Crippen molar-refractivity contribution in [1.29, 1.82) is 0 Å². The maximum absolute atomic E-state index is 12.7. The van der Waals surface area contributed by atoms with Crippen molar-refractivity contribution in [3.8, 4) is 17.0 Å². The number of methoxy groups -OCH3 is 1. The van der Waals surface area contributed by atoms with Gasteiger partial charge in [-0.2, -0.15) is 5.10 Å². The van der Waals surface area contributed by atoms with Crippen molar-refractivity contribution in [3.63, 3.8) is 0 Å². The molecule has 0 radical (unpaired) electrons. The van der Waals surface area contributed by atoms with Crippen LogP contribution >= 0.6 is 0 Å². The molecule has 34 heavy (non-hydrogen) atoms. The quantitative estimate of drug-likeness (QED) is 0.482. The van der Waals surface area contributed by atoms with Crippen LogP contribution in [0.5, 0.6) is 5.75 Å². The van der Waals surface area contributed by atoms with Crippen molar-refractivity contribution in [2.45, 2.75) is 45.2 Å². The van der Waals surface area contributed by atoms with Gasteiger partial charge >= 0.3 is 5.97 Å². The van der Waals surface area contributed by atoms with Gasteiger partial charge in [-0.25, -0.2) is 9.48 Å². The van der Waals surface area contributed by atoms with Crippen molar-refractivity contribution < 1.29 is 19.1 Å². The van der Waals surface area contributed by atoms with Crippen LogP contribution in [0.25, 0.3) is 11.3 Å². The second-order valence-electron chi connectivity index (χ2n) is 8.29. The fourth-order valence-corrected chi connectivity index (χ4v) is 4.37. The molecule has 0 bridgehead atoms. The van der Waals surface area contributed by atoms with Gasteiger partial charge in [0.2, 0.25) is 0 Å². The normalized spacial score (nSPS) is 13.6. The van der Waals surface area contributed by atoms with E-state index in [1.165, 1.54) is 7.11 Å². The predicted octanol–water partition coefficient (Wildman–Crippen LogP) is 4.36. The van der Waals surface area contributed by atoms with E-state index in [0.29, 0.717) is 34.9 Å². The molecule has 1 amide bonds. The summed E-state index contributed by atoms with van der Waals surface area (Å²) in [5.74, 6) is 0.201. The van der Waals surface area contributed by atoms with Crippen molar-refractivity contribution in [1.82, 2.24) is 15.1 Å². The van der Waals surface area contributed by atoms with E-state index in [4.69, 9.17) is 20.3 Å². The molecular formula is C26H30N4O4. The zero-order valence-corrected chi connectivity index (χ0v) is 19.5. The van der Waals surface area contributed by atoms with Crippen molar-refractivity contribution >= 4 is 17.7 Å². The summed E-state index contributed by atoms with van der Waals surface area (Å²) in [5, 5.41) is 7.65. The molecule has 0 atom stereocenters. The van der Waals surface area contributed by atoms with Crippen LogP contribution in [-0.4, -0.2) is 35.4 Å². The van der Waals surface area contributed by atoms with E-state index in [1.807, 2.05) is 30.3 Å². The molecule has 0 saturated heterocycles. The lowest BCUT2D eigenvalue weighted by Gasteiger charge is -2.11. The molecule has 8 heteroatoms. The monoisotopic (exact) mass is 462 g/mol. The van der Waals surface area contributed by atoms with Gasteiger partial charge in [0.15, 0.2) is 0 Å². The van der Waals surface area contributed by atoms with Crippen LogP contribution in [0.4, 0.5) is 5.82 Å². The van der Waals surface area contributed by atoms with Gasteiger partial charge in [0, 0.05) is 12.1 Å². The number of para-hydroxylation sites is 1. The molecule has 2 aromatic carbocycles. The summed E-state index contributed by atoms with van der Waals surface area (Å²) >= 11 is 0. The molecular weight excluding hydrogens is 432 g/mol. The van der Waals surface area contributed by atoms with Gasteiger partial charge in [-0.1, -0.05) is 49.2 Å². The zero-order valence-electron chi connectivity index (χ0n) is 19.5. The summed E-state index contributed by atoms with van der Waals surface area (Å²) in [6.45, 7) is 2.38. The van der Waals surface area contributed by atoms with Crippen molar-refractivity contribution in [3.05, 3.63) is 65.2 Å². The average molecular weight is 463 g/mol. The van der Waals surface area contributed by atoms with E-state index in [0.717, 1.165) is 36.8 Å². The summed E-state index contributed by atoms with van der Waals surface area (Å²) in [4.78, 5) is 25.3. The van der Waals surface area contributed by atoms with Gasteiger partial charge in [0.05, 0.1) is 25.3 Å². The number of nitrogens with one attached hydrogen (secondary N) is 1. The number of anilines is 1. The summed E-state index contributed by atoms with van der Waals surface area (Å²) in [5.41, 5.74) is 9.38. The van der Waals surface area contributed by atoms with E-state index in [-0.39, 0.29) is 18.6 Å². The Labute approximate surface area is 199 Å². The molecule has 1 saturated carbocycles. The topological polar surface area (TPSA) is 108 Å². The molecule has 178 valence electrons. The number of rotatable bonds is 8. The Balaban J connectivity index is 1.54. The lowest BCUT2D eigenvalue weighted by molar-refractivity contribution is 0.0528. The first-order valence-electron chi connectivity index (χ1n) is 11.6. The molecule has 0 unspecified atom stereocenters. The molecule has 3 N–H and O–H groups in total. The number of carbonyl (C=O) groups excluding carboxylic acids is 2. The zero-order chi connectivity index (χ0) is 24.1. The highest BCUT2D eigenvalue weighted by atomic mass is 16.5. The molecule has 4 rings (SSSR count). The molecule has 8 nitrogen and oxygen atoms in total. The standard InChI is InChI=1S/C26H30N4O4/c1-3-34-26(32)22-23(29-30(24(22)27)19-8-4-5-9-19)18-14-12-17(13-15-18)16-28-25(31)20-10-6-7-11-21(20)33-2/h6-7,10-15,19H,3-5,8-9,16,27H2,1-2H3,(H,28,31). The highest BCUT2D eigenvalue weighted by molar-refractivity contribution is 6.01. The van der Waals surface area contributed by atoms with Crippen LogP contribution in [0.15, 0.2) is 48.5 Å². The summed E-state index contributed by atoms with van der Waals surface area (Å²) in [7, 11) is 1.54. The molecule has 1 aromatic heterocycles. The SMILES string of the molecule is CCOC(=O)c1c(-c2ccc(CNC(=O)c3ccccc3OC)cc2)nn(C2CCCC2)c1N. The van der Waals surface area contributed by atoms with Gasteiger partial charge in [0.1, 0.15) is 22.8 Å². The van der Waals surface area contributed by atoms with E-state index in [1.54, 1.807) is 29.8 Å². The first-order chi connectivity index (χ1) is 16.5. The third-order valence-corrected chi connectivity index (χ3v) is 6.13. The van der Waals surface area contributed by atoms with E-state index < -0.39 is 5.97 Å². The van der Waals surface area contributed by atoms with E-state index in [2.05, 4.69) is 5.32 Å². The first-order valence-corrected chi connectivity index (χ1v) is 11.6. The Morgan fingerprint density at radius 3 is 2.50 bits per heavy atom. The van der Waals surface area contributed by atoms with Crippen molar-refractivity contribution in [2.75, 3.05) is 19.5 Å². The number of nitrogens with two attached hydrogens (primary N) is 1. The molecule has 1 heterocycles. The smallest absolute Gasteiger partial charge is 0.344 e.